The number of nitrogens with zero attached hydrogens (tertiary/aromatic N) is 1. The van der Waals surface area contributed by atoms with Crippen molar-refractivity contribution < 1.29 is 9.63 Å². The molecule has 0 bridgehead atoms. The number of aliphatic hydroxyl groups is 1. The Morgan fingerprint density at radius 3 is 3.00 bits per heavy atom. The van der Waals surface area contributed by atoms with Crippen LogP contribution in [0.15, 0.2) is 10.6 Å². The highest BCUT2D eigenvalue weighted by Gasteiger charge is 2.06. The van der Waals surface area contributed by atoms with Crippen molar-refractivity contribution in [1.82, 2.24) is 5.16 Å². The molecule has 1 heterocycles. The van der Waals surface area contributed by atoms with Gasteiger partial charge in [-0.3, -0.25) is 0 Å². The molecular weight excluding hydrogens is 144 g/mol. The monoisotopic (exact) mass is 156 g/mol. The summed E-state index contributed by atoms with van der Waals surface area (Å²) < 4.78 is 4.85. The van der Waals surface area contributed by atoms with E-state index in [1.807, 2.05) is 6.92 Å². The summed E-state index contributed by atoms with van der Waals surface area (Å²) in [6.07, 6.45) is 0.681. The average molecular weight is 156 g/mol. The normalized spacial score (nSPS) is 13.3. The molecule has 1 aromatic rings. The van der Waals surface area contributed by atoms with Crippen LogP contribution in [0.5, 0.6) is 0 Å². The lowest BCUT2D eigenvalue weighted by molar-refractivity contribution is 0.227. The molecule has 1 unspecified atom stereocenters. The molecule has 0 aromatic carbocycles. The highest BCUT2D eigenvalue weighted by Crippen LogP contribution is 2.10. The molecule has 4 nitrogen and oxygen atoms in total. The quantitative estimate of drug-likeness (QED) is 0.665. The summed E-state index contributed by atoms with van der Waals surface area (Å²) in [5.74, 6) is 1.32. The zero-order valence-corrected chi connectivity index (χ0v) is 6.45. The van der Waals surface area contributed by atoms with Crippen LogP contribution in [0.3, 0.4) is 0 Å². The molecule has 11 heavy (non-hydrogen) atoms. The zero-order valence-electron chi connectivity index (χ0n) is 6.45. The van der Waals surface area contributed by atoms with E-state index >= 15 is 0 Å². The number of hydrogen-bond donors (Lipinski definition) is 2. The van der Waals surface area contributed by atoms with Crippen molar-refractivity contribution in [1.29, 1.82) is 0 Å². The first-order valence-electron chi connectivity index (χ1n) is 3.54. The van der Waals surface area contributed by atoms with Gasteiger partial charge in [-0.25, -0.2) is 0 Å². The van der Waals surface area contributed by atoms with Gasteiger partial charge in [0.1, 0.15) is 5.76 Å². The number of nitrogen functional groups attached to an aromatic ring is 1. The summed E-state index contributed by atoms with van der Waals surface area (Å²) in [6.45, 7) is 2.08. The van der Waals surface area contributed by atoms with Crippen LogP contribution in [0.4, 0.5) is 5.82 Å². The van der Waals surface area contributed by atoms with E-state index in [0.717, 1.165) is 5.76 Å². The largest absolute Gasteiger partial charge is 0.396 e. The van der Waals surface area contributed by atoms with E-state index in [-0.39, 0.29) is 12.5 Å². The smallest absolute Gasteiger partial charge is 0.167 e. The standard InChI is InChI=1S/C7H12N2O2/c1-5(4-10)2-6-3-7(8)9-11-6/h3,5,10H,2,4H2,1H3,(H2,8,9). The van der Waals surface area contributed by atoms with Gasteiger partial charge in [0, 0.05) is 19.1 Å². The Bertz CT molecular complexity index is 222. The van der Waals surface area contributed by atoms with Crippen molar-refractivity contribution in [3.05, 3.63) is 11.8 Å². The van der Waals surface area contributed by atoms with E-state index in [1.54, 1.807) is 6.07 Å². The molecule has 4 heteroatoms. The zero-order chi connectivity index (χ0) is 8.27. The van der Waals surface area contributed by atoms with Gasteiger partial charge < -0.3 is 15.4 Å². The Labute approximate surface area is 65.0 Å². The Hall–Kier alpha value is -1.03. The number of rotatable bonds is 3. The molecule has 0 aliphatic heterocycles. The van der Waals surface area contributed by atoms with Gasteiger partial charge in [0.15, 0.2) is 5.82 Å². The SMILES string of the molecule is CC(CO)Cc1cc(N)no1. The van der Waals surface area contributed by atoms with Crippen molar-refractivity contribution in [3.63, 3.8) is 0 Å². The molecule has 0 saturated carbocycles. The molecule has 0 radical (unpaired) electrons. The Balaban J connectivity index is 2.50. The summed E-state index contributed by atoms with van der Waals surface area (Å²) >= 11 is 0. The summed E-state index contributed by atoms with van der Waals surface area (Å²) in [5.41, 5.74) is 5.33. The second-order valence-electron chi connectivity index (χ2n) is 2.71. The molecule has 0 aliphatic carbocycles. The van der Waals surface area contributed by atoms with Gasteiger partial charge >= 0.3 is 0 Å². The predicted molar refractivity (Wildman–Crippen MR) is 40.9 cm³/mol. The number of aromatic nitrogens is 1. The lowest BCUT2D eigenvalue weighted by Gasteiger charge is -2.01. The molecule has 1 atom stereocenters. The van der Waals surface area contributed by atoms with Gasteiger partial charge in [-0.05, 0) is 5.92 Å². The fraction of sp³-hybridized carbons (Fsp3) is 0.571. The number of aliphatic hydroxyl groups excluding tert-OH is 1. The highest BCUT2D eigenvalue weighted by molar-refractivity contribution is 5.26. The number of nitrogens with two attached hydrogens (primary N) is 1. The van der Waals surface area contributed by atoms with Crippen LogP contribution in [0.2, 0.25) is 0 Å². The van der Waals surface area contributed by atoms with Crippen LogP contribution < -0.4 is 5.73 Å². The fourth-order valence-electron chi connectivity index (χ4n) is 0.833. The summed E-state index contributed by atoms with van der Waals surface area (Å²) in [7, 11) is 0. The molecule has 0 saturated heterocycles. The third-order valence-electron chi connectivity index (χ3n) is 1.44. The topological polar surface area (TPSA) is 72.3 Å². The lowest BCUT2D eigenvalue weighted by atomic mass is 10.1. The van der Waals surface area contributed by atoms with E-state index < -0.39 is 0 Å². The van der Waals surface area contributed by atoms with Crippen LogP contribution in [-0.2, 0) is 6.42 Å². The summed E-state index contributed by atoms with van der Waals surface area (Å²) in [5, 5.41) is 12.2. The first kappa shape index (κ1) is 8.07. The average Bonchev–Trinajstić information content (AvgIpc) is 2.35. The minimum atomic E-state index is 0.153. The molecule has 0 fully saturated rings. The van der Waals surface area contributed by atoms with Crippen LogP contribution in [0, 0.1) is 5.92 Å². The predicted octanol–water partition coefficient (Wildman–Crippen LogP) is 0.428. The second kappa shape index (κ2) is 3.39. The maximum atomic E-state index is 8.71. The molecule has 0 aliphatic rings. The van der Waals surface area contributed by atoms with Crippen LogP contribution in [0.1, 0.15) is 12.7 Å². The van der Waals surface area contributed by atoms with Crippen molar-refractivity contribution in [2.45, 2.75) is 13.3 Å². The van der Waals surface area contributed by atoms with Crippen molar-refractivity contribution in [2.75, 3.05) is 12.3 Å². The summed E-state index contributed by atoms with van der Waals surface area (Å²) in [6, 6.07) is 1.67. The lowest BCUT2D eigenvalue weighted by Crippen LogP contribution is -2.03. The molecule has 0 amide bonds. The van der Waals surface area contributed by atoms with Crippen molar-refractivity contribution in [3.8, 4) is 0 Å². The molecule has 62 valence electrons. The third kappa shape index (κ3) is 2.23. The van der Waals surface area contributed by atoms with Crippen LogP contribution >= 0.6 is 0 Å². The van der Waals surface area contributed by atoms with Crippen molar-refractivity contribution in [2.24, 2.45) is 5.92 Å². The third-order valence-corrected chi connectivity index (χ3v) is 1.44. The minimum absolute atomic E-state index is 0.153. The first-order valence-corrected chi connectivity index (χ1v) is 3.54. The van der Waals surface area contributed by atoms with E-state index in [9.17, 15) is 0 Å². The summed E-state index contributed by atoms with van der Waals surface area (Å²) in [4.78, 5) is 0. The molecular formula is C7H12N2O2. The van der Waals surface area contributed by atoms with Crippen LogP contribution in [-0.4, -0.2) is 16.9 Å². The van der Waals surface area contributed by atoms with E-state index in [4.69, 9.17) is 15.4 Å². The molecule has 3 N–H and O–H groups in total. The number of hydrogen-bond acceptors (Lipinski definition) is 4. The van der Waals surface area contributed by atoms with Gasteiger partial charge in [0.2, 0.25) is 0 Å². The maximum Gasteiger partial charge on any atom is 0.167 e. The first-order chi connectivity index (χ1) is 5.22. The second-order valence-corrected chi connectivity index (χ2v) is 2.71. The molecule has 1 rings (SSSR count). The van der Waals surface area contributed by atoms with Gasteiger partial charge in [-0.1, -0.05) is 12.1 Å². The van der Waals surface area contributed by atoms with Crippen LogP contribution in [0.25, 0.3) is 0 Å². The highest BCUT2D eigenvalue weighted by atomic mass is 16.5. The van der Waals surface area contributed by atoms with Gasteiger partial charge in [-0.15, -0.1) is 0 Å². The Morgan fingerprint density at radius 1 is 1.82 bits per heavy atom. The van der Waals surface area contributed by atoms with E-state index in [0.29, 0.717) is 12.2 Å². The van der Waals surface area contributed by atoms with Gasteiger partial charge in [0.05, 0.1) is 0 Å². The molecule has 0 spiro atoms. The van der Waals surface area contributed by atoms with Crippen molar-refractivity contribution >= 4 is 5.82 Å². The minimum Gasteiger partial charge on any atom is -0.396 e. The van der Waals surface area contributed by atoms with E-state index in [1.165, 1.54) is 0 Å². The van der Waals surface area contributed by atoms with Gasteiger partial charge in [-0.2, -0.15) is 0 Å². The maximum absolute atomic E-state index is 8.71. The van der Waals surface area contributed by atoms with E-state index in [2.05, 4.69) is 5.16 Å². The van der Waals surface area contributed by atoms with Gasteiger partial charge in [0.25, 0.3) is 0 Å². The Morgan fingerprint density at radius 2 is 2.55 bits per heavy atom. The number of anilines is 1. The molecule has 1 aromatic heterocycles. The fourth-order valence-corrected chi connectivity index (χ4v) is 0.833. The Kier molecular flexibility index (Phi) is 2.48.